The number of carboxylic acids is 1. The molecule has 6 rings (SSSR count). The highest BCUT2D eigenvalue weighted by Gasteiger charge is 2.56. The van der Waals surface area contributed by atoms with Crippen molar-refractivity contribution >= 4 is 34.9 Å². The summed E-state index contributed by atoms with van der Waals surface area (Å²) in [7, 11) is 0. The fourth-order valence-corrected chi connectivity index (χ4v) is 6.08. The van der Waals surface area contributed by atoms with Gasteiger partial charge >= 0.3 is 12.1 Å². The number of alkyl halides is 3. The Morgan fingerprint density at radius 1 is 1.08 bits per heavy atom. The maximum atomic E-state index is 14.3. The Morgan fingerprint density at radius 3 is 2.41 bits per heavy atom. The van der Waals surface area contributed by atoms with Crippen LogP contribution < -0.4 is 11.6 Å². The number of halogens is 7. The number of ether oxygens (including phenoxy) is 4. The van der Waals surface area contributed by atoms with Gasteiger partial charge in [0, 0.05) is 22.3 Å². The number of carbonyl (C=O) groups is 1. The van der Waals surface area contributed by atoms with Crippen molar-refractivity contribution in [2.45, 2.75) is 50.0 Å². The Balaban J connectivity index is 1.50. The van der Waals surface area contributed by atoms with Gasteiger partial charge in [-0.05, 0) is 37.3 Å². The van der Waals surface area contributed by atoms with Crippen LogP contribution in [0.25, 0.3) is 11.4 Å². The molecule has 0 amide bonds. The van der Waals surface area contributed by atoms with Crippen molar-refractivity contribution in [1.82, 2.24) is 19.8 Å². The van der Waals surface area contributed by atoms with E-state index >= 15 is 0 Å². The average molecular weight is 758 g/mol. The van der Waals surface area contributed by atoms with Crippen LogP contribution in [0.3, 0.4) is 0 Å². The van der Waals surface area contributed by atoms with Crippen LogP contribution in [-0.4, -0.2) is 62.0 Å². The lowest BCUT2D eigenvalue weighted by Crippen LogP contribution is -2.62. The van der Waals surface area contributed by atoms with E-state index in [-0.39, 0.29) is 27.9 Å². The van der Waals surface area contributed by atoms with Crippen LogP contribution >= 0.6 is 23.2 Å². The smallest absolute Gasteiger partial charge is 0.418 e. The predicted octanol–water partition coefficient (Wildman–Crippen LogP) is 5.66. The van der Waals surface area contributed by atoms with Crippen LogP contribution in [0.2, 0.25) is 10.0 Å². The largest absolute Gasteiger partial charge is 0.480 e. The van der Waals surface area contributed by atoms with Crippen LogP contribution in [0.4, 0.5) is 22.0 Å². The molecule has 4 aromatic rings. The normalized spacial score (nSPS) is 23.7. The van der Waals surface area contributed by atoms with Gasteiger partial charge in [0.15, 0.2) is 18.4 Å². The number of nitrogens with zero attached hydrogens (tertiary/aromatic N) is 4. The second kappa shape index (κ2) is 14.3. The van der Waals surface area contributed by atoms with E-state index in [0.717, 1.165) is 46.2 Å². The SMILES string of the molecule is Cc1nc(C2OC3OC(c4ccccc4)OC3C(N(N)/C=C(\N)c3cc(F)c(Cl)c(F)c3)C2OCC(=O)O)n(-c2cc(Cl)ccc2C(F)(F)F)n1. The Morgan fingerprint density at radius 2 is 1.76 bits per heavy atom. The molecule has 3 heterocycles. The molecule has 5 N–H and O–H groups in total. The molecular formula is C32H27Cl2F5N6O6. The van der Waals surface area contributed by atoms with Gasteiger partial charge in [-0.1, -0.05) is 53.5 Å². The van der Waals surface area contributed by atoms with Crippen molar-refractivity contribution in [1.29, 1.82) is 0 Å². The van der Waals surface area contributed by atoms with Gasteiger partial charge in [-0.25, -0.2) is 29.1 Å². The van der Waals surface area contributed by atoms with Gasteiger partial charge in [-0.2, -0.15) is 18.3 Å². The summed E-state index contributed by atoms with van der Waals surface area (Å²) in [5.41, 5.74) is 4.70. The summed E-state index contributed by atoms with van der Waals surface area (Å²) in [4.78, 5) is 16.2. The number of hydrogen-bond donors (Lipinski definition) is 3. The topological polar surface area (TPSA) is 160 Å². The van der Waals surface area contributed by atoms with Gasteiger partial charge < -0.3 is 34.8 Å². The summed E-state index contributed by atoms with van der Waals surface area (Å²) in [6.07, 6.45) is -10.4. The fraction of sp³-hybridized carbons (Fsp3) is 0.281. The van der Waals surface area contributed by atoms with Crippen molar-refractivity contribution in [3.63, 3.8) is 0 Å². The Labute approximate surface area is 295 Å². The van der Waals surface area contributed by atoms with Gasteiger partial charge in [0.2, 0.25) is 0 Å². The molecule has 2 saturated heterocycles. The first-order chi connectivity index (χ1) is 24.1. The van der Waals surface area contributed by atoms with E-state index in [1.165, 1.54) is 6.92 Å². The third-order valence-corrected chi connectivity index (χ3v) is 8.56. The van der Waals surface area contributed by atoms with Crippen LogP contribution in [0, 0.1) is 18.6 Å². The molecule has 2 fully saturated rings. The predicted molar refractivity (Wildman–Crippen MR) is 170 cm³/mol. The number of benzene rings is 3. The van der Waals surface area contributed by atoms with Crippen molar-refractivity contribution < 1.29 is 50.8 Å². The molecule has 0 spiro atoms. The van der Waals surface area contributed by atoms with Crippen molar-refractivity contribution in [2.75, 3.05) is 6.61 Å². The minimum absolute atomic E-state index is 0.00338. The Hall–Kier alpha value is -4.36. The lowest BCUT2D eigenvalue weighted by atomic mass is 9.94. The number of nitrogens with two attached hydrogens (primary N) is 2. The molecular weight excluding hydrogens is 730 g/mol. The maximum Gasteiger partial charge on any atom is 0.418 e. The van der Waals surface area contributed by atoms with Crippen LogP contribution in [0.5, 0.6) is 0 Å². The molecule has 6 unspecified atom stereocenters. The van der Waals surface area contributed by atoms with Crippen LogP contribution in [0.15, 0.2) is 66.9 Å². The lowest BCUT2D eigenvalue weighted by Gasteiger charge is -2.45. The second-order valence-electron chi connectivity index (χ2n) is 11.4. The highest BCUT2D eigenvalue weighted by Crippen LogP contribution is 2.45. The summed E-state index contributed by atoms with van der Waals surface area (Å²) < 4.78 is 96.8. The quantitative estimate of drug-likeness (QED) is 0.0837. The molecule has 12 nitrogen and oxygen atoms in total. The molecule has 51 heavy (non-hydrogen) atoms. The molecule has 6 atom stereocenters. The second-order valence-corrected chi connectivity index (χ2v) is 12.3. The number of aromatic nitrogens is 3. The standard InChI is InChI=1S/C32H27Cl2F5N6O6/c1-14-42-29(45(43-14)22-11-17(33)7-8-18(22)32(37,38)39)28-26(48-13-23(46)47)25(27-31(50-28)51-30(49-27)15-5-3-2-4-6-15)44(41)12-21(40)16-9-19(35)24(34)20(36)10-16/h2-12,25-28,30-31H,13,40-41H2,1H3,(H,46,47)/b21-12-. The van der Waals surface area contributed by atoms with Gasteiger partial charge in [0.25, 0.3) is 0 Å². The zero-order valence-electron chi connectivity index (χ0n) is 26.1. The van der Waals surface area contributed by atoms with E-state index < -0.39 is 83.6 Å². The third kappa shape index (κ3) is 7.50. The number of carboxylic acid groups (broad SMARTS) is 1. The number of aliphatic carboxylic acids is 1. The van der Waals surface area contributed by atoms with Crippen molar-refractivity contribution in [3.8, 4) is 5.69 Å². The Kier molecular flexibility index (Phi) is 10.2. The number of rotatable bonds is 9. The molecule has 0 bridgehead atoms. The summed E-state index contributed by atoms with van der Waals surface area (Å²) >= 11 is 11.8. The molecule has 2 aliphatic rings. The van der Waals surface area contributed by atoms with E-state index in [1.807, 2.05) is 0 Å². The monoisotopic (exact) mass is 756 g/mol. The number of hydrazine groups is 1. The Bertz CT molecular complexity index is 1950. The van der Waals surface area contributed by atoms with E-state index in [9.17, 15) is 31.9 Å². The molecule has 0 aliphatic carbocycles. The number of fused-ring (bicyclic) bond motifs is 1. The summed E-state index contributed by atoms with van der Waals surface area (Å²) in [5.74, 6) is 2.67. The van der Waals surface area contributed by atoms with Gasteiger partial charge in [-0.3, -0.25) is 0 Å². The number of aryl methyl sites for hydroxylation is 1. The van der Waals surface area contributed by atoms with Crippen molar-refractivity contribution in [3.05, 3.63) is 117 Å². The zero-order chi connectivity index (χ0) is 36.8. The van der Waals surface area contributed by atoms with E-state index in [1.54, 1.807) is 30.3 Å². The highest BCUT2D eigenvalue weighted by atomic mass is 35.5. The molecule has 0 radical (unpaired) electrons. The first-order valence-electron chi connectivity index (χ1n) is 14.9. The summed E-state index contributed by atoms with van der Waals surface area (Å²) in [5, 5.41) is 13.9. The molecule has 0 saturated carbocycles. The zero-order valence-corrected chi connectivity index (χ0v) is 27.6. The molecule has 2 aliphatic heterocycles. The highest BCUT2D eigenvalue weighted by molar-refractivity contribution is 6.31. The van der Waals surface area contributed by atoms with Gasteiger partial charge in [0.05, 0.1) is 16.9 Å². The molecule has 19 heteroatoms. The molecule has 1 aromatic heterocycles. The first-order valence-corrected chi connectivity index (χ1v) is 15.7. The fourth-order valence-electron chi connectivity index (χ4n) is 5.80. The van der Waals surface area contributed by atoms with Crippen LogP contribution in [-0.2, 0) is 29.9 Å². The molecule has 3 aromatic carbocycles. The first kappa shape index (κ1) is 36.4. The average Bonchev–Trinajstić information content (AvgIpc) is 3.68. The molecule has 270 valence electrons. The van der Waals surface area contributed by atoms with E-state index in [4.69, 9.17) is 53.7 Å². The summed E-state index contributed by atoms with van der Waals surface area (Å²) in [6, 6.07) is 11.9. The van der Waals surface area contributed by atoms with Gasteiger partial charge in [0.1, 0.15) is 53.4 Å². The summed E-state index contributed by atoms with van der Waals surface area (Å²) in [6.45, 7) is 0.470. The minimum Gasteiger partial charge on any atom is -0.480 e. The third-order valence-electron chi connectivity index (χ3n) is 7.97. The van der Waals surface area contributed by atoms with Crippen LogP contribution in [0.1, 0.15) is 40.7 Å². The minimum atomic E-state index is -4.86. The van der Waals surface area contributed by atoms with Crippen molar-refractivity contribution in [2.24, 2.45) is 11.6 Å². The van der Waals surface area contributed by atoms with E-state index in [2.05, 4.69) is 10.1 Å². The maximum absolute atomic E-state index is 14.3. The van der Waals surface area contributed by atoms with Gasteiger partial charge in [-0.15, -0.1) is 0 Å². The number of hydrogen-bond acceptors (Lipinski definition) is 10. The lowest BCUT2D eigenvalue weighted by molar-refractivity contribution is -0.248. The van der Waals surface area contributed by atoms with E-state index in [0.29, 0.717) is 5.56 Å².